The third kappa shape index (κ3) is 5.64. The van der Waals surface area contributed by atoms with Gasteiger partial charge in [-0.2, -0.15) is 5.26 Å². The number of thioether (sulfide) groups is 1. The summed E-state index contributed by atoms with van der Waals surface area (Å²) < 4.78 is 0. The van der Waals surface area contributed by atoms with E-state index in [2.05, 4.69) is 41.0 Å². The van der Waals surface area contributed by atoms with E-state index in [1.165, 1.54) is 11.8 Å². The highest BCUT2D eigenvalue weighted by molar-refractivity contribution is 8.00. The molecule has 2 amide bonds. The molecule has 2 N–H and O–H groups in total. The summed E-state index contributed by atoms with van der Waals surface area (Å²) in [4.78, 5) is 26.2. The van der Waals surface area contributed by atoms with Crippen molar-refractivity contribution in [3.8, 4) is 6.07 Å². The summed E-state index contributed by atoms with van der Waals surface area (Å²) in [6, 6.07) is 30.2. The zero-order valence-electron chi connectivity index (χ0n) is 18.6. The van der Waals surface area contributed by atoms with E-state index >= 15 is 0 Å². The van der Waals surface area contributed by atoms with Crippen molar-refractivity contribution >= 4 is 40.0 Å². The van der Waals surface area contributed by atoms with Crippen LogP contribution in [-0.4, -0.2) is 17.6 Å². The first-order valence-electron chi connectivity index (χ1n) is 10.8. The summed E-state index contributed by atoms with van der Waals surface area (Å²) >= 11 is 1.30. The van der Waals surface area contributed by atoms with Crippen LogP contribution in [0.2, 0.25) is 0 Å². The summed E-state index contributed by atoms with van der Waals surface area (Å²) in [5, 5.41) is 17.2. The normalized spacial score (nSPS) is 11.4. The fourth-order valence-corrected chi connectivity index (χ4v) is 4.47. The fourth-order valence-electron chi connectivity index (χ4n) is 3.62. The van der Waals surface area contributed by atoms with Gasteiger partial charge in [-0.15, -0.1) is 11.8 Å². The van der Waals surface area contributed by atoms with E-state index in [4.69, 9.17) is 5.26 Å². The van der Waals surface area contributed by atoms with Gasteiger partial charge < -0.3 is 10.6 Å². The number of fused-ring (bicyclic) bond motifs is 1. The maximum atomic E-state index is 13.1. The molecule has 6 heteroatoms. The van der Waals surface area contributed by atoms with Gasteiger partial charge in [0.1, 0.15) is 0 Å². The standard InChI is InChI=1S/C28H23N3O2S/c1-19(22-14-13-21-8-2-3-9-23(21)16-22)30-28(33)25-11-4-5-12-26(25)34-18-27(32)31-24-10-6-7-20(15-24)17-29/h2-16,19H,18H2,1H3,(H,30,33)(H,31,32). The smallest absolute Gasteiger partial charge is 0.252 e. The minimum Gasteiger partial charge on any atom is -0.345 e. The van der Waals surface area contributed by atoms with Gasteiger partial charge in [-0.1, -0.05) is 54.6 Å². The van der Waals surface area contributed by atoms with Gasteiger partial charge in [-0.05, 0) is 59.7 Å². The zero-order chi connectivity index (χ0) is 23.9. The Hall–Kier alpha value is -4.08. The first-order valence-corrected chi connectivity index (χ1v) is 11.8. The number of nitrogens with one attached hydrogen (secondary N) is 2. The van der Waals surface area contributed by atoms with E-state index < -0.39 is 0 Å². The number of nitriles is 1. The van der Waals surface area contributed by atoms with Crippen LogP contribution < -0.4 is 10.6 Å². The van der Waals surface area contributed by atoms with Gasteiger partial charge in [0.25, 0.3) is 5.91 Å². The lowest BCUT2D eigenvalue weighted by atomic mass is 10.0. The van der Waals surface area contributed by atoms with Crippen molar-refractivity contribution in [2.24, 2.45) is 0 Å². The molecular weight excluding hydrogens is 442 g/mol. The Balaban J connectivity index is 1.41. The van der Waals surface area contributed by atoms with Crippen molar-refractivity contribution in [1.82, 2.24) is 5.32 Å². The molecule has 4 aromatic rings. The first kappa shape index (κ1) is 23.1. The van der Waals surface area contributed by atoms with E-state index in [9.17, 15) is 9.59 Å². The van der Waals surface area contributed by atoms with Crippen LogP contribution in [-0.2, 0) is 4.79 Å². The Bertz CT molecular complexity index is 1390. The number of amides is 2. The van der Waals surface area contributed by atoms with Crippen molar-refractivity contribution in [2.75, 3.05) is 11.1 Å². The van der Waals surface area contributed by atoms with E-state index in [1.54, 1.807) is 30.3 Å². The molecule has 0 spiro atoms. The Morgan fingerprint density at radius 1 is 0.912 bits per heavy atom. The number of rotatable bonds is 7. The van der Waals surface area contributed by atoms with Crippen LogP contribution in [0.25, 0.3) is 10.8 Å². The molecule has 4 aromatic carbocycles. The number of hydrogen-bond acceptors (Lipinski definition) is 4. The van der Waals surface area contributed by atoms with Crippen LogP contribution in [0.4, 0.5) is 5.69 Å². The van der Waals surface area contributed by atoms with Crippen LogP contribution in [0.1, 0.15) is 34.5 Å². The van der Waals surface area contributed by atoms with Crippen LogP contribution in [0, 0.1) is 11.3 Å². The minimum atomic E-state index is -0.208. The number of benzene rings is 4. The second-order valence-corrected chi connectivity index (χ2v) is 8.84. The second kappa shape index (κ2) is 10.7. The van der Waals surface area contributed by atoms with Gasteiger partial charge >= 0.3 is 0 Å². The summed E-state index contributed by atoms with van der Waals surface area (Å²) in [6.07, 6.45) is 0. The molecule has 0 saturated heterocycles. The molecule has 0 radical (unpaired) electrons. The average molecular weight is 466 g/mol. The quantitative estimate of drug-likeness (QED) is 0.331. The van der Waals surface area contributed by atoms with Crippen molar-refractivity contribution in [2.45, 2.75) is 17.9 Å². The van der Waals surface area contributed by atoms with Gasteiger partial charge in [0, 0.05) is 10.6 Å². The van der Waals surface area contributed by atoms with E-state index in [0.29, 0.717) is 16.8 Å². The molecular formula is C28H23N3O2S. The third-order valence-corrected chi connectivity index (χ3v) is 6.46. The van der Waals surface area contributed by atoms with E-state index in [1.807, 2.05) is 43.3 Å². The summed E-state index contributed by atoms with van der Waals surface area (Å²) in [6.45, 7) is 1.96. The SMILES string of the molecule is CC(NC(=O)c1ccccc1SCC(=O)Nc1cccc(C#N)c1)c1ccc2ccccc2c1. The highest BCUT2D eigenvalue weighted by Gasteiger charge is 2.16. The monoisotopic (exact) mass is 465 g/mol. The molecule has 0 aliphatic rings. The van der Waals surface area contributed by atoms with Crippen molar-refractivity contribution < 1.29 is 9.59 Å². The predicted octanol–water partition coefficient (Wildman–Crippen LogP) is 5.93. The molecule has 1 unspecified atom stereocenters. The molecule has 0 aliphatic carbocycles. The Labute approximate surface area is 202 Å². The largest absolute Gasteiger partial charge is 0.345 e. The molecule has 168 valence electrons. The van der Waals surface area contributed by atoms with Crippen LogP contribution in [0.5, 0.6) is 0 Å². The van der Waals surface area contributed by atoms with E-state index in [0.717, 1.165) is 21.2 Å². The van der Waals surface area contributed by atoms with E-state index in [-0.39, 0.29) is 23.6 Å². The molecule has 0 bridgehead atoms. The van der Waals surface area contributed by atoms with Crippen molar-refractivity contribution in [3.05, 3.63) is 108 Å². The summed E-state index contributed by atoms with van der Waals surface area (Å²) in [5.41, 5.74) is 2.60. The molecule has 34 heavy (non-hydrogen) atoms. The van der Waals surface area contributed by atoms with Gasteiger partial charge in [0.15, 0.2) is 0 Å². The Morgan fingerprint density at radius 2 is 1.68 bits per heavy atom. The van der Waals surface area contributed by atoms with Gasteiger partial charge in [0.2, 0.25) is 5.91 Å². The van der Waals surface area contributed by atoms with Crippen LogP contribution in [0.3, 0.4) is 0 Å². The summed E-state index contributed by atoms with van der Waals surface area (Å²) in [5.74, 6) is -0.257. The summed E-state index contributed by atoms with van der Waals surface area (Å²) in [7, 11) is 0. The third-order valence-electron chi connectivity index (χ3n) is 5.39. The molecule has 0 heterocycles. The maximum absolute atomic E-state index is 13.1. The minimum absolute atomic E-state index is 0.140. The lowest BCUT2D eigenvalue weighted by Crippen LogP contribution is -2.27. The molecule has 0 aliphatic heterocycles. The maximum Gasteiger partial charge on any atom is 0.252 e. The average Bonchev–Trinajstić information content (AvgIpc) is 2.87. The van der Waals surface area contributed by atoms with Gasteiger partial charge in [-0.3, -0.25) is 9.59 Å². The Kier molecular flexibility index (Phi) is 7.26. The molecule has 0 saturated carbocycles. The highest BCUT2D eigenvalue weighted by atomic mass is 32.2. The molecule has 4 rings (SSSR count). The highest BCUT2D eigenvalue weighted by Crippen LogP contribution is 2.25. The lowest BCUT2D eigenvalue weighted by Gasteiger charge is -2.16. The number of nitrogens with zero attached hydrogens (tertiary/aromatic N) is 1. The topological polar surface area (TPSA) is 82.0 Å². The predicted molar refractivity (Wildman–Crippen MR) is 137 cm³/mol. The fraction of sp³-hybridized carbons (Fsp3) is 0.107. The molecule has 1 atom stereocenters. The van der Waals surface area contributed by atoms with Crippen LogP contribution in [0.15, 0.2) is 95.9 Å². The van der Waals surface area contributed by atoms with Crippen molar-refractivity contribution in [1.29, 1.82) is 5.26 Å². The lowest BCUT2D eigenvalue weighted by molar-refractivity contribution is -0.113. The number of hydrogen-bond donors (Lipinski definition) is 2. The van der Waals surface area contributed by atoms with Gasteiger partial charge in [0.05, 0.1) is 29.0 Å². The number of anilines is 1. The number of carbonyl (C=O) groups excluding carboxylic acids is 2. The molecule has 0 fully saturated rings. The number of carbonyl (C=O) groups is 2. The van der Waals surface area contributed by atoms with Crippen molar-refractivity contribution in [3.63, 3.8) is 0 Å². The zero-order valence-corrected chi connectivity index (χ0v) is 19.4. The second-order valence-electron chi connectivity index (χ2n) is 7.83. The van der Waals surface area contributed by atoms with Gasteiger partial charge in [-0.25, -0.2) is 0 Å². The first-order chi connectivity index (χ1) is 16.5. The van der Waals surface area contributed by atoms with Crippen LogP contribution >= 0.6 is 11.8 Å². The Morgan fingerprint density at radius 3 is 2.50 bits per heavy atom. The molecule has 5 nitrogen and oxygen atoms in total. The molecule has 0 aromatic heterocycles.